The monoisotopic (exact) mass is 440 g/mol. The molecule has 1 N–H and O–H groups in total. The third-order valence-electron chi connectivity index (χ3n) is 4.90. The molecule has 0 spiro atoms. The number of aliphatic hydroxyl groups excluding tert-OH is 1. The number of halogens is 1. The van der Waals surface area contributed by atoms with Crippen LogP contribution in [0.1, 0.15) is 22.0 Å². The quantitative estimate of drug-likeness (QED) is 0.360. The average molecular weight is 441 g/mol. The van der Waals surface area contributed by atoms with E-state index in [1.165, 1.54) is 29.4 Å². The van der Waals surface area contributed by atoms with Crippen LogP contribution in [-0.4, -0.2) is 33.8 Å². The van der Waals surface area contributed by atoms with Gasteiger partial charge in [0.1, 0.15) is 11.5 Å². The number of carbonyl (C=O) groups is 2. The Labute approximate surface area is 182 Å². The van der Waals surface area contributed by atoms with Crippen molar-refractivity contribution in [1.29, 1.82) is 0 Å². The predicted octanol–water partition coefficient (Wildman–Crippen LogP) is 4.43. The second-order valence-electron chi connectivity index (χ2n) is 6.63. The minimum atomic E-state index is -0.766. The number of nitrogens with zero attached hydrogens (tertiary/aromatic N) is 2. The van der Waals surface area contributed by atoms with Crippen LogP contribution in [0, 0.1) is 0 Å². The van der Waals surface area contributed by atoms with E-state index in [2.05, 4.69) is 4.98 Å². The zero-order valence-electron chi connectivity index (χ0n) is 15.9. The molecule has 0 bridgehead atoms. The highest BCUT2D eigenvalue weighted by molar-refractivity contribution is 7.09. The molecule has 1 aromatic carbocycles. The third-order valence-corrected chi connectivity index (χ3v) is 6.09. The first-order chi connectivity index (χ1) is 14.5. The van der Waals surface area contributed by atoms with Crippen molar-refractivity contribution in [2.75, 3.05) is 7.11 Å². The van der Waals surface area contributed by atoms with Crippen LogP contribution in [0.5, 0.6) is 5.75 Å². The van der Waals surface area contributed by atoms with Crippen molar-refractivity contribution in [3.8, 4) is 5.75 Å². The molecular weight excluding hydrogens is 424 g/mol. The van der Waals surface area contributed by atoms with Gasteiger partial charge >= 0.3 is 0 Å². The Hall–Kier alpha value is -3.16. The fourth-order valence-corrected chi connectivity index (χ4v) is 4.37. The fourth-order valence-electron chi connectivity index (χ4n) is 3.46. The highest BCUT2D eigenvalue weighted by Gasteiger charge is 2.46. The van der Waals surface area contributed by atoms with Crippen LogP contribution in [0.15, 0.2) is 65.8 Å². The summed E-state index contributed by atoms with van der Waals surface area (Å²) in [6.07, 6.45) is 3.16. The zero-order valence-corrected chi connectivity index (χ0v) is 17.5. The Balaban J connectivity index is 1.89. The summed E-state index contributed by atoms with van der Waals surface area (Å²) in [5, 5.41) is 13.3. The van der Waals surface area contributed by atoms with Gasteiger partial charge in [-0.15, -0.1) is 11.3 Å². The van der Waals surface area contributed by atoms with Gasteiger partial charge in [-0.05, 0) is 47.3 Å². The SMILES string of the molecule is COc1ccc(Cl)c(/C(O)=C2\C(=O)C(=O)N(Cc3cccs3)C2c2ccncc2)c1. The van der Waals surface area contributed by atoms with Gasteiger partial charge in [0.15, 0.2) is 0 Å². The predicted molar refractivity (Wildman–Crippen MR) is 114 cm³/mol. The van der Waals surface area contributed by atoms with E-state index in [-0.39, 0.29) is 28.5 Å². The molecule has 1 aliphatic rings. The molecule has 6 nitrogen and oxygen atoms in total. The van der Waals surface area contributed by atoms with Crippen LogP contribution < -0.4 is 4.74 Å². The van der Waals surface area contributed by atoms with E-state index < -0.39 is 17.7 Å². The van der Waals surface area contributed by atoms with Crippen LogP contribution in [0.3, 0.4) is 0 Å². The molecule has 1 unspecified atom stereocenters. The molecule has 3 aromatic rings. The van der Waals surface area contributed by atoms with Crippen molar-refractivity contribution in [1.82, 2.24) is 9.88 Å². The summed E-state index contributed by atoms with van der Waals surface area (Å²) >= 11 is 7.78. The molecule has 8 heteroatoms. The smallest absolute Gasteiger partial charge is 0.295 e. The molecule has 4 rings (SSSR count). The van der Waals surface area contributed by atoms with Gasteiger partial charge < -0.3 is 14.7 Å². The Morgan fingerprint density at radius 2 is 2.00 bits per heavy atom. The number of aliphatic hydroxyl groups is 1. The van der Waals surface area contributed by atoms with Gasteiger partial charge in [0, 0.05) is 22.8 Å². The van der Waals surface area contributed by atoms with Gasteiger partial charge in [0.2, 0.25) is 0 Å². The number of pyridine rings is 1. The van der Waals surface area contributed by atoms with Gasteiger partial charge in [-0.3, -0.25) is 14.6 Å². The Morgan fingerprint density at radius 1 is 1.23 bits per heavy atom. The maximum Gasteiger partial charge on any atom is 0.295 e. The van der Waals surface area contributed by atoms with Crippen LogP contribution in [0.2, 0.25) is 5.02 Å². The molecule has 1 atom stereocenters. The highest BCUT2D eigenvalue weighted by atomic mass is 35.5. The third kappa shape index (κ3) is 3.58. The van der Waals surface area contributed by atoms with Crippen molar-refractivity contribution in [2.45, 2.75) is 12.6 Å². The first kappa shape index (κ1) is 20.1. The molecular formula is C22H17ClN2O4S. The molecule has 1 fully saturated rings. The van der Waals surface area contributed by atoms with E-state index in [1.807, 2.05) is 17.5 Å². The normalized spacial score (nSPS) is 18.1. The van der Waals surface area contributed by atoms with Crippen LogP contribution in [-0.2, 0) is 16.1 Å². The molecule has 3 heterocycles. The number of methoxy groups -OCH3 is 1. The zero-order chi connectivity index (χ0) is 21.3. The lowest BCUT2D eigenvalue weighted by atomic mass is 9.96. The Morgan fingerprint density at radius 3 is 2.67 bits per heavy atom. The molecule has 0 radical (unpaired) electrons. The number of benzene rings is 1. The van der Waals surface area contributed by atoms with E-state index in [0.717, 1.165) is 4.88 Å². The average Bonchev–Trinajstić information content (AvgIpc) is 3.36. The number of aromatic nitrogens is 1. The molecule has 2 aromatic heterocycles. The lowest BCUT2D eigenvalue weighted by Gasteiger charge is -2.24. The number of hydrogen-bond acceptors (Lipinski definition) is 6. The summed E-state index contributed by atoms with van der Waals surface area (Å²) < 4.78 is 5.21. The molecule has 1 aliphatic heterocycles. The Bertz CT molecular complexity index is 1130. The van der Waals surface area contributed by atoms with E-state index in [4.69, 9.17) is 16.3 Å². The second-order valence-corrected chi connectivity index (χ2v) is 8.07. The summed E-state index contributed by atoms with van der Waals surface area (Å²) in [7, 11) is 1.49. The first-order valence-corrected chi connectivity index (χ1v) is 10.3. The second kappa shape index (κ2) is 8.30. The molecule has 1 amide bonds. The number of Topliss-reactive ketones (excluding diaryl/α,β-unsaturated/α-hetero) is 1. The van der Waals surface area contributed by atoms with Gasteiger partial charge in [0.25, 0.3) is 11.7 Å². The molecule has 0 aliphatic carbocycles. The summed E-state index contributed by atoms with van der Waals surface area (Å²) in [4.78, 5) is 32.4. The Kier molecular flexibility index (Phi) is 5.57. The summed E-state index contributed by atoms with van der Waals surface area (Å²) in [5.74, 6) is -1.31. The van der Waals surface area contributed by atoms with E-state index in [9.17, 15) is 14.7 Å². The number of thiophene rings is 1. The lowest BCUT2D eigenvalue weighted by Crippen LogP contribution is -2.28. The highest BCUT2D eigenvalue weighted by Crippen LogP contribution is 2.41. The molecule has 0 saturated carbocycles. The summed E-state index contributed by atoms with van der Waals surface area (Å²) in [5.41, 5.74) is 0.878. The van der Waals surface area contributed by atoms with E-state index in [0.29, 0.717) is 11.3 Å². The van der Waals surface area contributed by atoms with Gasteiger partial charge in [-0.25, -0.2) is 0 Å². The number of likely N-dealkylation sites (tertiary alicyclic amines) is 1. The number of carbonyl (C=O) groups excluding carboxylic acids is 2. The van der Waals surface area contributed by atoms with Crippen LogP contribution in [0.25, 0.3) is 5.76 Å². The number of rotatable bonds is 5. The first-order valence-electron chi connectivity index (χ1n) is 9.06. The minimum absolute atomic E-state index is 0.0158. The number of amides is 1. The minimum Gasteiger partial charge on any atom is -0.507 e. The largest absolute Gasteiger partial charge is 0.507 e. The topological polar surface area (TPSA) is 79.7 Å². The summed E-state index contributed by atoms with van der Waals surface area (Å²) in [6.45, 7) is 0.248. The van der Waals surface area contributed by atoms with Crippen molar-refractivity contribution in [3.05, 3.63) is 86.8 Å². The molecule has 30 heavy (non-hydrogen) atoms. The van der Waals surface area contributed by atoms with Crippen molar-refractivity contribution in [2.24, 2.45) is 0 Å². The van der Waals surface area contributed by atoms with Crippen molar-refractivity contribution < 1.29 is 19.4 Å². The lowest BCUT2D eigenvalue weighted by molar-refractivity contribution is -0.140. The van der Waals surface area contributed by atoms with Crippen molar-refractivity contribution in [3.63, 3.8) is 0 Å². The van der Waals surface area contributed by atoms with Gasteiger partial charge in [0.05, 0.1) is 30.3 Å². The van der Waals surface area contributed by atoms with Gasteiger partial charge in [-0.2, -0.15) is 0 Å². The molecule has 152 valence electrons. The maximum atomic E-state index is 13.0. The van der Waals surface area contributed by atoms with Crippen LogP contribution >= 0.6 is 22.9 Å². The standard InChI is InChI=1S/C22H17ClN2O4S/c1-29-14-4-5-17(23)16(11-14)20(26)18-19(13-6-8-24-9-7-13)25(22(28)21(18)27)12-15-3-2-10-30-15/h2-11,19,26H,12H2,1H3/b20-18+. The molecule has 1 saturated heterocycles. The summed E-state index contributed by atoms with van der Waals surface area (Å²) in [6, 6.07) is 11.2. The number of hydrogen-bond donors (Lipinski definition) is 1. The van der Waals surface area contributed by atoms with Crippen LogP contribution in [0.4, 0.5) is 0 Å². The van der Waals surface area contributed by atoms with Gasteiger partial charge in [-0.1, -0.05) is 17.7 Å². The van der Waals surface area contributed by atoms with Crippen molar-refractivity contribution >= 4 is 40.4 Å². The van der Waals surface area contributed by atoms with E-state index >= 15 is 0 Å². The number of ether oxygens (including phenoxy) is 1. The number of ketones is 1. The maximum absolute atomic E-state index is 13.0. The fraction of sp³-hybridized carbons (Fsp3) is 0.136. The van der Waals surface area contributed by atoms with E-state index in [1.54, 1.807) is 36.7 Å².